The predicted molar refractivity (Wildman–Crippen MR) is 56.0 cm³/mol. The van der Waals surface area contributed by atoms with Gasteiger partial charge < -0.3 is 4.84 Å². The van der Waals surface area contributed by atoms with Gasteiger partial charge >= 0.3 is 0 Å². The molecular weight excluding hydrogens is 192 g/mol. The smallest absolute Gasteiger partial charge is 0.151 e. The second-order valence-electron chi connectivity index (χ2n) is 3.07. The van der Waals surface area contributed by atoms with Crippen LogP contribution >= 0.6 is 0 Å². The van der Waals surface area contributed by atoms with Crippen LogP contribution in [0, 0.1) is 6.92 Å². The van der Waals surface area contributed by atoms with Crippen LogP contribution in [0.25, 0.3) is 0 Å². The van der Waals surface area contributed by atoms with Gasteiger partial charge in [-0.15, -0.1) is 0 Å². The van der Waals surface area contributed by atoms with E-state index in [0.29, 0.717) is 5.75 Å². The molecule has 78 valence electrons. The first-order valence-electron chi connectivity index (χ1n) is 4.64. The van der Waals surface area contributed by atoms with E-state index in [1.807, 2.05) is 49.4 Å². The van der Waals surface area contributed by atoms with Crippen molar-refractivity contribution in [1.29, 1.82) is 0 Å². The topological polar surface area (TPSA) is 35.4 Å². The lowest BCUT2D eigenvalue weighted by molar-refractivity contribution is -0.113. The summed E-state index contributed by atoms with van der Waals surface area (Å²) in [6.07, 6.45) is 1.79. The zero-order chi connectivity index (χ0) is 10.5. The van der Waals surface area contributed by atoms with Crippen molar-refractivity contribution in [2.24, 2.45) is 0 Å². The highest BCUT2D eigenvalue weighted by atomic mass is 17.0. The standard InChI is InChI=1S/C11H12N2O2/c1-10-6-5-9-13(10)15-12-14-11-7-3-2-4-8-11/h2-9,12H,1H3. The van der Waals surface area contributed by atoms with Crippen LogP contribution in [0.4, 0.5) is 0 Å². The van der Waals surface area contributed by atoms with E-state index >= 15 is 0 Å². The molecule has 2 aromatic rings. The average Bonchev–Trinajstić information content (AvgIpc) is 2.66. The summed E-state index contributed by atoms with van der Waals surface area (Å²) < 4.78 is 1.57. The number of rotatable bonds is 4. The first-order valence-corrected chi connectivity index (χ1v) is 4.64. The van der Waals surface area contributed by atoms with Gasteiger partial charge in [0.05, 0.1) is 5.69 Å². The minimum Gasteiger partial charge on any atom is -0.372 e. The minimum atomic E-state index is 0.697. The van der Waals surface area contributed by atoms with Crippen molar-refractivity contribution in [2.45, 2.75) is 6.92 Å². The highest BCUT2D eigenvalue weighted by Crippen LogP contribution is 2.06. The Morgan fingerprint density at radius 1 is 1.07 bits per heavy atom. The van der Waals surface area contributed by atoms with E-state index in [-0.39, 0.29) is 0 Å². The van der Waals surface area contributed by atoms with Crippen LogP contribution in [0.1, 0.15) is 5.69 Å². The molecule has 1 N–H and O–H groups in total. The van der Waals surface area contributed by atoms with Gasteiger partial charge in [-0.2, -0.15) is 4.73 Å². The van der Waals surface area contributed by atoms with Crippen LogP contribution in [0.5, 0.6) is 5.75 Å². The van der Waals surface area contributed by atoms with Crippen molar-refractivity contribution < 1.29 is 9.78 Å². The Balaban J connectivity index is 1.83. The molecular formula is C11H12N2O2. The number of para-hydroxylation sites is 1. The maximum absolute atomic E-state index is 5.14. The average molecular weight is 204 g/mol. The van der Waals surface area contributed by atoms with Gasteiger partial charge in [0.15, 0.2) is 5.75 Å². The molecule has 0 fully saturated rings. The molecule has 0 unspecified atom stereocenters. The molecule has 0 saturated carbocycles. The van der Waals surface area contributed by atoms with Gasteiger partial charge in [-0.05, 0) is 31.2 Å². The van der Waals surface area contributed by atoms with Gasteiger partial charge in [0.2, 0.25) is 0 Å². The van der Waals surface area contributed by atoms with Gasteiger partial charge in [0.1, 0.15) is 0 Å². The fourth-order valence-electron chi connectivity index (χ4n) is 1.15. The molecule has 0 radical (unpaired) electrons. The largest absolute Gasteiger partial charge is 0.372 e. The fraction of sp³-hybridized carbons (Fsp3) is 0.0909. The predicted octanol–water partition coefficient (Wildman–Crippen LogP) is 1.72. The monoisotopic (exact) mass is 204 g/mol. The third-order valence-corrected chi connectivity index (χ3v) is 1.94. The van der Waals surface area contributed by atoms with Crippen LogP contribution in [0.15, 0.2) is 48.7 Å². The summed E-state index contributed by atoms with van der Waals surface area (Å²) in [7, 11) is 0. The normalized spacial score (nSPS) is 9.93. The molecule has 0 amide bonds. The number of hydrogen-bond donors (Lipinski definition) is 1. The van der Waals surface area contributed by atoms with Crippen LogP contribution in [0.3, 0.4) is 0 Å². The Hall–Kier alpha value is -1.94. The summed E-state index contributed by atoms with van der Waals surface area (Å²) >= 11 is 0. The SMILES string of the molecule is Cc1cccn1ONOc1ccccc1. The number of aromatic nitrogens is 1. The fourth-order valence-corrected chi connectivity index (χ4v) is 1.15. The number of hydrogen-bond acceptors (Lipinski definition) is 3. The van der Waals surface area contributed by atoms with E-state index in [0.717, 1.165) is 5.69 Å². The molecule has 0 bridgehead atoms. The maximum Gasteiger partial charge on any atom is 0.151 e. The molecule has 1 aromatic heterocycles. The molecule has 0 aliphatic carbocycles. The van der Waals surface area contributed by atoms with E-state index in [9.17, 15) is 0 Å². The van der Waals surface area contributed by atoms with E-state index in [4.69, 9.17) is 9.78 Å². The zero-order valence-electron chi connectivity index (χ0n) is 8.38. The first-order chi connectivity index (χ1) is 7.36. The Morgan fingerprint density at radius 2 is 1.87 bits per heavy atom. The molecule has 4 heteroatoms. The second kappa shape index (κ2) is 4.52. The Morgan fingerprint density at radius 3 is 2.53 bits per heavy atom. The summed E-state index contributed by atoms with van der Waals surface area (Å²) in [5.74, 6) is 0.697. The van der Waals surface area contributed by atoms with Crippen molar-refractivity contribution in [3.63, 3.8) is 0 Å². The molecule has 4 nitrogen and oxygen atoms in total. The molecule has 0 atom stereocenters. The van der Waals surface area contributed by atoms with Crippen molar-refractivity contribution in [2.75, 3.05) is 0 Å². The van der Waals surface area contributed by atoms with Crippen LogP contribution in [-0.4, -0.2) is 4.73 Å². The summed E-state index contributed by atoms with van der Waals surface area (Å²) in [5, 5.41) is 0. The highest BCUT2D eigenvalue weighted by Gasteiger charge is 1.95. The molecule has 2 rings (SSSR count). The Bertz CT molecular complexity index is 412. The lowest BCUT2D eigenvalue weighted by atomic mass is 10.3. The minimum absolute atomic E-state index is 0.697. The van der Waals surface area contributed by atoms with Gasteiger partial charge in [-0.1, -0.05) is 18.2 Å². The number of aryl methyl sites for hydroxylation is 1. The van der Waals surface area contributed by atoms with E-state index in [2.05, 4.69) is 5.64 Å². The highest BCUT2D eigenvalue weighted by molar-refractivity contribution is 5.20. The second-order valence-corrected chi connectivity index (χ2v) is 3.07. The first kappa shape index (κ1) is 9.61. The number of nitrogens with one attached hydrogen (secondary N) is 1. The van der Waals surface area contributed by atoms with E-state index in [1.54, 1.807) is 10.9 Å². The van der Waals surface area contributed by atoms with Crippen molar-refractivity contribution >= 4 is 0 Å². The molecule has 1 aromatic carbocycles. The van der Waals surface area contributed by atoms with Gasteiger partial charge in [-0.3, -0.25) is 4.94 Å². The van der Waals surface area contributed by atoms with Crippen LogP contribution in [-0.2, 0) is 0 Å². The summed E-state index contributed by atoms with van der Waals surface area (Å²) in [4.78, 5) is 10.3. The van der Waals surface area contributed by atoms with Gasteiger partial charge in [-0.25, -0.2) is 0 Å². The molecule has 0 aliphatic rings. The van der Waals surface area contributed by atoms with Gasteiger partial charge in [0, 0.05) is 11.8 Å². The van der Waals surface area contributed by atoms with Crippen LogP contribution < -0.4 is 15.4 Å². The summed E-state index contributed by atoms with van der Waals surface area (Å²) in [6, 6.07) is 13.2. The zero-order valence-corrected chi connectivity index (χ0v) is 8.38. The summed E-state index contributed by atoms with van der Waals surface area (Å²) in [5.41, 5.74) is 3.39. The molecule has 0 spiro atoms. The summed E-state index contributed by atoms with van der Waals surface area (Å²) in [6.45, 7) is 1.93. The number of nitrogens with zero attached hydrogens (tertiary/aromatic N) is 1. The lowest BCUT2D eigenvalue weighted by Gasteiger charge is -2.09. The van der Waals surface area contributed by atoms with Crippen molar-refractivity contribution in [3.05, 3.63) is 54.4 Å². The lowest BCUT2D eigenvalue weighted by Crippen LogP contribution is -2.30. The van der Waals surface area contributed by atoms with E-state index < -0.39 is 0 Å². The van der Waals surface area contributed by atoms with Gasteiger partial charge in [0.25, 0.3) is 0 Å². The molecule has 1 heterocycles. The van der Waals surface area contributed by atoms with Crippen molar-refractivity contribution in [1.82, 2.24) is 10.4 Å². The van der Waals surface area contributed by atoms with Crippen LogP contribution in [0.2, 0.25) is 0 Å². The third-order valence-electron chi connectivity index (χ3n) is 1.94. The third kappa shape index (κ3) is 2.51. The molecule has 0 aliphatic heterocycles. The van der Waals surface area contributed by atoms with Crippen molar-refractivity contribution in [3.8, 4) is 5.75 Å². The van der Waals surface area contributed by atoms with E-state index in [1.165, 1.54) is 0 Å². The molecule has 15 heavy (non-hydrogen) atoms. The molecule has 0 saturated heterocycles. The quantitative estimate of drug-likeness (QED) is 0.770. The Labute approximate surface area is 87.9 Å². The maximum atomic E-state index is 5.14. The number of benzene rings is 1. The Kier molecular flexibility index (Phi) is 2.90.